The average Bonchev–Trinajstić information content (AvgIpc) is 3.10. The Morgan fingerprint density at radius 2 is 1.48 bits per heavy atom. The molecule has 0 atom stereocenters. The number of H-pyrrole nitrogens is 1. The topological polar surface area (TPSA) is 137 Å². The molecule has 9 heteroatoms. The summed E-state index contributed by atoms with van der Waals surface area (Å²) < 4.78 is 4.73. The van der Waals surface area contributed by atoms with Gasteiger partial charge in [0.2, 0.25) is 5.82 Å². The summed E-state index contributed by atoms with van der Waals surface area (Å²) in [6, 6.07) is 15.1. The van der Waals surface area contributed by atoms with Crippen molar-refractivity contribution in [2.24, 2.45) is 0 Å². The van der Waals surface area contributed by atoms with E-state index >= 15 is 0 Å². The van der Waals surface area contributed by atoms with Crippen molar-refractivity contribution < 1.29 is 34.4 Å². The molecular weight excluding hydrogens is 380 g/mol. The normalized spacial score (nSPS) is 11.3. The summed E-state index contributed by atoms with van der Waals surface area (Å²) >= 11 is 0. The van der Waals surface area contributed by atoms with Crippen molar-refractivity contribution >= 4 is 40.3 Å². The highest BCUT2D eigenvalue weighted by Crippen LogP contribution is 2.41. The van der Waals surface area contributed by atoms with Crippen LogP contribution in [0.5, 0.6) is 5.75 Å². The van der Waals surface area contributed by atoms with E-state index in [-0.39, 0.29) is 11.4 Å². The lowest BCUT2D eigenvalue weighted by Crippen LogP contribution is -2.51. The molecule has 0 fully saturated rings. The number of rotatable bonds is 9. The van der Waals surface area contributed by atoms with Gasteiger partial charge in [-0.1, -0.05) is 30.3 Å². The third-order valence-corrected chi connectivity index (χ3v) is 4.46. The van der Waals surface area contributed by atoms with E-state index in [1.807, 2.05) is 12.1 Å². The first-order valence-corrected chi connectivity index (χ1v) is 8.65. The maximum Gasteiger partial charge on any atom is 0.360 e. The summed E-state index contributed by atoms with van der Waals surface area (Å²) in [5.41, 5.74) is 0.940. The Labute approximate surface area is 165 Å². The highest BCUT2D eigenvalue weighted by Gasteiger charge is 2.42. The minimum Gasteiger partial charge on any atom is -0.479 e. The van der Waals surface area contributed by atoms with Crippen LogP contribution in [-0.4, -0.2) is 57.9 Å². The number of nitrogens with one attached hydrogen (secondary N) is 1. The van der Waals surface area contributed by atoms with Gasteiger partial charge in [-0.2, -0.15) is 0 Å². The van der Waals surface area contributed by atoms with Crippen LogP contribution >= 0.6 is 0 Å². The Morgan fingerprint density at radius 3 is 2.10 bits per heavy atom. The van der Waals surface area contributed by atoms with Crippen LogP contribution in [0.4, 0.5) is 11.5 Å². The fraction of sp³-hybridized carbons (Fsp3) is 0.150. The zero-order valence-corrected chi connectivity index (χ0v) is 15.2. The van der Waals surface area contributed by atoms with Crippen molar-refractivity contribution in [1.82, 2.24) is 9.47 Å². The van der Waals surface area contributed by atoms with Gasteiger partial charge in [-0.3, -0.25) is 0 Å². The molecule has 3 rings (SSSR count). The van der Waals surface area contributed by atoms with Gasteiger partial charge < -0.3 is 25.0 Å². The molecule has 4 N–H and O–H groups in total. The number of hydrogen-bond donors (Lipinski definition) is 4. The number of carboxylic acid groups (broad SMARTS) is 3. The fourth-order valence-electron chi connectivity index (χ4n) is 3.35. The molecule has 0 amide bonds. The van der Waals surface area contributed by atoms with Crippen molar-refractivity contribution in [3.05, 3.63) is 54.6 Å². The molecule has 9 nitrogen and oxygen atoms in total. The smallest absolute Gasteiger partial charge is 0.360 e. The number of hydrogen-bond acceptors (Lipinski definition) is 4. The van der Waals surface area contributed by atoms with Crippen molar-refractivity contribution in [3.63, 3.8) is 0 Å². The molecule has 0 aliphatic carbocycles. The number of aromatic amines is 1. The lowest BCUT2D eigenvalue weighted by Gasteiger charge is -2.34. The van der Waals surface area contributed by atoms with Crippen LogP contribution in [0.1, 0.15) is 0 Å². The lowest BCUT2D eigenvalue weighted by atomic mass is 10.2. The summed E-state index contributed by atoms with van der Waals surface area (Å²) in [6.45, 7) is -1.83. The molecule has 0 radical (unpaired) electrons. The summed E-state index contributed by atoms with van der Waals surface area (Å²) in [5, 5.41) is 29.0. The molecule has 0 saturated heterocycles. The van der Waals surface area contributed by atoms with Gasteiger partial charge in [0.25, 0.3) is 0 Å². The highest BCUT2D eigenvalue weighted by atomic mass is 16.5. The Morgan fingerprint density at radius 1 is 0.862 bits per heavy atom. The molecule has 3 aromatic rings. The van der Waals surface area contributed by atoms with E-state index < -0.39 is 42.1 Å². The highest BCUT2D eigenvalue weighted by molar-refractivity contribution is 5.88. The summed E-state index contributed by atoms with van der Waals surface area (Å²) in [4.78, 5) is 37.6. The van der Waals surface area contributed by atoms with E-state index in [9.17, 15) is 24.6 Å². The van der Waals surface area contributed by atoms with E-state index in [0.717, 1.165) is 5.39 Å². The first-order valence-electron chi connectivity index (χ1n) is 8.65. The molecule has 0 bridgehead atoms. The molecule has 0 saturated carbocycles. The van der Waals surface area contributed by atoms with Crippen LogP contribution in [0.3, 0.4) is 0 Å². The number of aromatic nitrogens is 1. The number of para-hydroxylation sites is 3. The Kier molecular flexibility index (Phi) is 5.51. The summed E-state index contributed by atoms with van der Waals surface area (Å²) in [5.74, 6) is -3.23. The number of quaternary nitrogens is 1. The molecule has 0 unspecified atom stereocenters. The van der Waals surface area contributed by atoms with E-state index in [0.29, 0.717) is 11.3 Å². The van der Waals surface area contributed by atoms with Crippen LogP contribution in [0.25, 0.3) is 10.9 Å². The molecule has 0 aliphatic rings. The number of carboxylic acids is 3. The molecule has 1 aromatic heterocycles. The SMILES string of the molecule is O=C(O)COc1ccccc1[N+](CC(=O)O)(CC(=O)O)c1cc2ccccc2[nH]1. The fourth-order valence-corrected chi connectivity index (χ4v) is 3.35. The molecule has 0 spiro atoms. The van der Waals surface area contributed by atoms with Gasteiger partial charge >= 0.3 is 17.9 Å². The predicted octanol–water partition coefficient (Wildman–Crippen LogP) is 2.44. The van der Waals surface area contributed by atoms with Gasteiger partial charge in [-0.05, 0) is 12.1 Å². The number of benzene rings is 2. The molecular formula is C20H19N2O7+. The molecule has 150 valence electrons. The van der Waals surface area contributed by atoms with Gasteiger partial charge in [0.1, 0.15) is 0 Å². The van der Waals surface area contributed by atoms with Gasteiger partial charge in [0.05, 0.1) is 5.52 Å². The number of ether oxygens (including phenoxy) is 1. The maximum absolute atomic E-state index is 11.8. The largest absolute Gasteiger partial charge is 0.479 e. The monoisotopic (exact) mass is 399 g/mol. The number of nitrogens with zero attached hydrogens (tertiary/aromatic N) is 1. The van der Waals surface area contributed by atoms with Gasteiger partial charge in [0.15, 0.2) is 31.1 Å². The second-order valence-corrected chi connectivity index (χ2v) is 6.46. The molecule has 2 aromatic carbocycles. The average molecular weight is 399 g/mol. The number of aliphatic carboxylic acids is 3. The van der Waals surface area contributed by atoms with E-state index in [2.05, 4.69) is 4.98 Å². The van der Waals surface area contributed by atoms with Crippen LogP contribution in [0, 0.1) is 0 Å². The van der Waals surface area contributed by atoms with Crippen molar-refractivity contribution in [2.45, 2.75) is 0 Å². The van der Waals surface area contributed by atoms with Crippen LogP contribution in [0.2, 0.25) is 0 Å². The Hall–Kier alpha value is -3.85. The Balaban J connectivity index is 2.26. The Bertz CT molecular complexity index is 1020. The second kappa shape index (κ2) is 8.03. The zero-order chi connectivity index (χ0) is 21.0. The van der Waals surface area contributed by atoms with E-state index in [4.69, 9.17) is 9.84 Å². The lowest BCUT2D eigenvalue weighted by molar-refractivity contribution is -0.141. The minimum atomic E-state index is -1.22. The van der Waals surface area contributed by atoms with Crippen LogP contribution in [-0.2, 0) is 14.4 Å². The number of carbonyl (C=O) groups is 3. The van der Waals surface area contributed by atoms with Crippen LogP contribution in [0.15, 0.2) is 54.6 Å². The van der Waals surface area contributed by atoms with E-state index in [1.165, 1.54) is 12.1 Å². The van der Waals surface area contributed by atoms with Gasteiger partial charge in [-0.15, -0.1) is 0 Å². The zero-order valence-electron chi connectivity index (χ0n) is 15.2. The molecule has 1 heterocycles. The third kappa shape index (κ3) is 4.19. The first kappa shape index (κ1) is 19.9. The van der Waals surface area contributed by atoms with Crippen LogP contribution < -0.4 is 9.22 Å². The molecule has 0 aliphatic heterocycles. The summed E-state index contributed by atoms with van der Waals surface area (Å²) in [6.07, 6.45) is 0. The summed E-state index contributed by atoms with van der Waals surface area (Å²) in [7, 11) is 0. The predicted molar refractivity (Wildman–Crippen MR) is 104 cm³/mol. The van der Waals surface area contributed by atoms with Crippen molar-refractivity contribution in [1.29, 1.82) is 0 Å². The molecule has 29 heavy (non-hydrogen) atoms. The van der Waals surface area contributed by atoms with Crippen molar-refractivity contribution in [3.8, 4) is 5.75 Å². The maximum atomic E-state index is 11.8. The first-order chi connectivity index (χ1) is 13.8. The van der Waals surface area contributed by atoms with Crippen molar-refractivity contribution in [2.75, 3.05) is 19.7 Å². The third-order valence-electron chi connectivity index (χ3n) is 4.46. The van der Waals surface area contributed by atoms with Gasteiger partial charge in [0, 0.05) is 17.5 Å². The minimum absolute atomic E-state index is 0.0936. The van der Waals surface area contributed by atoms with Gasteiger partial charge in [-0.25, -0.2) is 18.9 Å². The standard InChI is InChI=1S/C20H18N2O7/c23-18(24)10-22(11-19(25)26,17-9-13-5-1-2-6-14(13)21-17)15-7-3-4-8-16(15)29-12-20(27)28/h1-9,21H,10-12H2,(H2-,23,24,25,26,27,28)/p+1. The number of fused-ring (bicyclic) bond motifs is 1. The van der Waals surface area contributed by atoms with E-state index in [1.54, 1.807) is 30.3 Å². The quantitative estimate of drug-likeness (QED) is 0.406. The second-order valence-electron chi connectivity index (χ2n) is 6.46.